The molecular weight excluding hydrogens is 228 g/mol. The first-order chi connectivity index (χ1) is 8.54. The van der Waals surface area contributed by atoms with E-state index in [4.69, 9.17) is 5.11 Å². The predicted molar refractivity (Wildman–Crippen MR) is 73.3 cm³/mol. The van der Waals surface area contributed by atoms with Crippen LogP contribution in [0.3, 0.4) is 0 Å². The highest BCUT2D eigenvalue weighted by Crippen LogP contribution is 2.21. The first-order valence-electron chi connectivity index (χ1n) is 7.21. The van der Waals surface area contributed by atoms with Gasteiger partial charge in [-0.3, -0.25) is 4.79 Å². The third kappa shape index (κ3) is 4.25. The van der Waals surface area contributed by atoms with Gasteiger partial charge in [-0.25, -0.2) is 0 Å². The van der Waals surface area contributed by atoms with Gasteiger partial charge in [0.15, 0.2) is 0 Å². The zero-order valence-corrected chi connectivity index (χ0v) is 12.0. The van der Waals surface area contributed by atoms with E-state index in [0.29, 0.717) is 12.3 Å². The number of hydrogen-bond acceptors (Lipinski definition) is 3. The molecule has 1 rings (SSSR count). The second-order valence-corrected chi connectivity index (χ2v) is 5.68. The molecule has 1 aliphatic rings. The van der Waals surface area contributed by atoms with E-state index >= 15 is 0 Å². The van der Waals surface area contributed by atoms with Gasteiger partial charge in [-0.2, -0.15) is 0 Å². The van der Waals surface area contributed by atoms with Crippen molar-refractivity contribution in [2.45, 2.75) is 64.5 Å². The lowest BCUT2D eigenvalue weighted by molar-refractivity contribution is -0.126. The minimum Gasteiger partial charge on any atom is -0.396 e. The monoisotopic (exact) mass is 256 g/mol. The average molecular weight is 256 g/mol. The van der Waals surface area contributed by atoms with Crippen LogP contribution in [0.2, 0.25) is 0 Å². The zero-order valence-electron chi connectivity index (χ0n) is 12.0. The molecule has 0 aliphatic carbocycles. The predicted octanol–water partition coefficient (Wildman–Crippen LogP) is 1.43. The summed E-state index contributed by atoms with van der Waals surface area (Å²) in [4.78, 5) is 12.3. The smallest absolute Gasteiger partial charge is 0.237 e. The van der Waals surface area contributed by atoms with E-state index in [1.165, 1.54) is 6.42 Å². The van der Waals surface area contributed by atoms with Crippen molar-refractivity contribution in [1.29, 1.82) is 0 Å². The van der Waals surface area contributed by atoms with E-state index < -0.39 is 0 Å². The first kappa shape index (κ1) is 15.4. The van der Waals surface area contributed by atoms with Crippen molar-refractivity contribution >= 4 is 5.91 Å². The molecule has 1 saturated heterocycles. The Balaban J connectivity index is 2.53. The summed E-state index contributed by atoms with van der Waals surface area (Å²) in [6.45, 7) is 7.27. The minimum absolute atomic E-state index is 0.0618. The lowest BCUT2D eigenvalue weighted by atomic mass is 9.88. The Morgan fingerprint density at radius 3 is 2.78 bits per heavy atom. The number of aliphatic hydroxyl groups excluding tert-OH is 1. The molecule has 0 radical (unpaired) electrons. The van der Waals surface area contributed by atoms with Crippen molar-refractivity contribution < 1.29 is 9.90 Å². The molecule has 4 heteroatoms. The number of nitrogens with one attached hydrogen (secondary N) is 2. The molecule has 0 aromatic rings. The van der Waals surface area contributed by atoms with Crippen LogP contribution in [0.15, 0.2) is 0 Å². The molecule has 3 atom stereocenters. The van der Waals surface area contributed by atoms with Crippen molar-refractivity contribution in [2.75, 3.05) is 13.2 Å². The van der Waals surface area contributed by atoms with Crippen LogP contribution in [0, 0.1) is 5.92 Å². The van der Waals surface area contributed by atoms with Gasteiger partial charge in [-0.15, -0.1) is 0 Å². The van der Waals surface area contributed by atoms with E-state index in [1.54, 1.807) is 0 Å². The van der Waals surface area contributed by atoms with Crippen LogP contribution in [0.4, 0.5) is 0 Å². The standard InChI is InChI=1S/C14H28N2O2/c1-4-11-6-8-15-12(10-11)13(18)16-14(3,5-2)7-9-17/h11-12,15,17H,4-10H2,1-3H3,(H,16,18). The quantitative estimate of drug-likeness (QED) is 0.674. The third-order valence-corrected chi connectivity index (χ3v) is 4.28. The van der Waals surface area contributed by atoms with Crippen molar-refractivity contribution in [3.05, 3.63) is 0 Å². The SMILES string of the molecule is CCC1CCNC(C(=O)NC(C)(CC)CCO)C1. The maximum atomic E-state index is 12.3. The largest absolute Gasteiger partial charge is 0.396 e. The van der Waals surface area contributed by atoms with Crippen LogP contribution < -0.4 is 10.6 Å². The molecule has 0 bridgehead atoms. The Labute approximate surface area is 111 Å². The summed E-state index contributed by atoms with van der Waals surface area (Å²) in [7, 11) is 0. The first-order valence-corrected chi connectivity index (χ1v) is 7.21. The van der Waals surface area contributed by atoms with Crippen LogP contribution in [0.5, 0.6) is 0 Å². The number of hydrogen-bond donors (Lipinski definition) is 3. The fourth-order valence-corrected chi connectivity index (χ4v) is 2.53. The Bertz CT molecular complexity index is 271. The lowest BCUT2D eigenvalue weighted by Gasteiger charge is -2.34. The van der Waals surface area contributed by atoms with Crippen LogP contribution in [0.1, 0.15) is 52.9 Å². The fraction of sp³-hybridized carbons (Fsp3) is 0.929. The molecule has 18 heavy (non-hydrogen) atoms. The number of carbonyl (C=O) groups is 1. The molecule has 1 amide bonds. The summed E-state index contributed by atoms with van der Waals surface area (Å²) in [5.41, 5.74) is -0.285. The third-order valence-electron chi connectivity index (χ3n) is 4.28. The second-order valence-electron chi connectivity index (χ2n) is 5.68. The van der Waals surface area contributed by atoms with Crippen molar-refractivity contribution in [3.8, 4) is 0 Å². The van der Waals surface area contributed by atoms with Gasteiger partial charge in [0.05, 0.1) is 6.04 Å². The molecule has 106 valence electrons. The maximum Gasteiger partial charge on any atom is 0.237 e. The topological polar surface area (TPSA) is 61.4 Å². The van der Waals surface area contributed by atoms with Gasteiger partial charge in [0.25, 0.3) is 0 Å². The van der Waals surface area contributed by atoms with E-state index in [9.17, 15) is 4.79 Å². The van der Waals surface area contributed by atoms with Crippen molar-refractivity contribution in [1.82, 2.24) is 10.6 Å². The second kappa shape index (κ2) is 7.10. The highest BCUT2D eigenvalue weighted by molar-refractivity contribution is 5.82. The van der Waals surface area contributed by atoms with E-state index in [-0.39, 0.29) is 24.1 Å². The average Bonchev–Trinajstić information content (AvgIpc) is 2.39. The van der Waals surface area contributed by atoms with Crippen molar-refractivity contribution in [3.63, 3.8) is 0 Å². The summed E-state index contributed by atoms with van der Waals surface area (Å²) < 4.78 is 0. The molecule has 0 spiro atoms. The van der Waals surface area contributed by atoms with Crippen LogP contribution >= 0.6 is 0 Å². The van der Waals surface area contributed by atoms with Crippen molar-refractivity contribution in [2.24, 2.45) is 5.92 Å². The molecule has 4 nitrogen and oxygen atoms in total. The number of rotatable bonds is 6. The van der Waals surface area contributed by atoms with Crippen LogP contribution in [-0.4, -0.2) is 35.7 Å². The lowest BCUT2D eigenvalue weighted by Crippen LogP contribution is -2.55. The Hall–Kier alpha value is -0.610. The molecule has 3 N–H and O–H groups in total. The normalized spacial score (nSPS) is 27.6. The highest BCUT2D eigenvalue weighted by atomic mass is 16.3. The molecule has 1 fully saturated rings. The molecule has 1 heterocycles. The fourth-order valence-electron chi connectivity index (χ4n) is 2.53. The molecule has 0 saturated carbocycles. The van der Waals surface area contributed by atoms with E-state index in [0.717, 1.165) is 25.8 Å². The molecular formula is C14H28N2O2. The van der Waals surface area contributed by atoms with Gasteiger partial charge >= 0.3 is 0 Å². The summed E-state index contributed by atoms with van der Waals surface area (Å²) in [6, 6.07) is -0.0618. The number of aliphatic hydroxyl groups is 1. The minimum atomic E-state index is -0.285. The van der Waals surface area contributed by atoms with Gasteiger partial charge in [-0.1, -0.05) is 20.3 Å². The number of piperidine rings is 1. The van der Waals surface area contributed by atoms with Crippen LogP contribution in [0.25, 0.3) is 0 Å². The Morgan fingerprint density at radius 1 is 1.50 bits per heavy atom. The highest BCUT2D eigenvalue weighted by Gasteiger charge is 2.30. The maximum absolute atomic E-state index is 12.3. The summed E-state index contributed by atoms with van der Waals surface area (Å²) in [6.07, 6.45) is 4.69. The molecule has 0 aromatic heterocycles. The molecule has 1 aliphatic heterocycles. The summed E-state index contributed by atoms with van der Waals surface area (Å²) in [5.74, 6) is 0.749. The van der Waals surface area contributed by atoms with Gasteiger partial charge in [0.1, 0.15) is 0 Å². The van der Waals surface area contributed by atoms with Crippen LogP contribution in [-0.2, 0) is 4.79 Å². The Morgan fingerprint density at radius 2 is 2.22 bits per heavy atom. The number of amides is 1. The van der Waals surface area contributed by atoms with Gasteiger partial charge in [0.2, 0.25) is 5.91 Å². The Kier molecular flexibility index (Phi) is 6.09. The molecule has 0 aromatic carbocycles. The van der Waals surface area contributed by atoms with E-state index in [1.807, 2.05) is 13.8 Å². The zero-order chi connectivity index (χ0) is 13.6. The van der Waals surface area contributed by atoms with Gasteiger partial charge in [0, 0.05) is 12.1 Å². The van der Waals surface area contributed by atoms with Gasteiger partial charge < -0.3 is 15.7 Å². The molecule has 3 unspecified atom stereocenters. The van der Waals surface area contributed by atoms with E-state index in [2.05, 4.69) is 17.6 Å². The number of carbonyl (C=O) groups excluding carboxylic acids is 1. The summed E-state index contributed by atoms with van der Waals surface area (Å²) in [5, 5.41) is 15.5. The van der Waals surface area contributed by atoms with Gasteiger partial charge in [-0.05, 0) is 45.1 Å². The summed E-state index contributed by atoms with van der Waals surface area (Å²) >= 11 is 0.